The first-order valence-electron chi connectivity index (χ1n) is 13.4. The fourth-order valence-corrected chi connectivity index (χ4v) is 8.61. The van der Waals surface area contributed by atoms with Crippen molar-refractivity contribution < 1.29 is 30.0 Å². The van der Waals surface area contributed by atoms with Crippen LogP contribution in [0.15, 0.2) is 36.5 Å². The number of alkyl halides is 2. The van der Waals surface area contributed by atoms with Gasteiger partial charge in [0.2, 0.25) is 0 Å². The average molecular weight is 646 g/mol. The van der Waals surface area contributed by atoms with Gasteiger partial charge in [0.15, 0.2) is 5.65 Å². The Hall–Kier alpha value is -3.09. The molecule has 3 unspecified atom stereocenters. The van der Waals surface area contributed by atoms with Crippen LogP contribution in [0.5, 0.6) is 0 Å². The fourth-order valence-electron chi connectivity index (χ4n) is 5.83. The van der Waals surface area contributed by atoms with Crippen molar-refractivity contribution in [2.24, 2.45) is 17.8 Å². The number of hydrogen-bond donors (Lipinski definition) is 3. The predicted molar refractivity (Wildman–Crippen MR) is 145 cm³/mol. The van der Waals surface area contributed by atoms with Crippen LogP contribution in [-0.4, -0.2) is 39.6 Å². The van der Waals surface area contributed by atoms with Crippen LogP contribution in [0, 0.1) is 29.4 Å². The molecule has 1 aliphatic heterocycles. The van der Waals surface area contributed by atoms with Gasteiger partial charge in [0.25, 0.3) is 0 Å². The maximum absolute atomic E-state index is 14.4. The molecule has 5 N–H and O–H groups in total. The van der Waals surface area contributed by atoms with Crippen LogP contribution in [0.1, 0.15) is 38.2 Å². The first-order chi connectivity index (χ1) is 18.9. The third kappa shape index (κ3) is 5.24. The van der Waals surface area contributed by atoms with Gasteiger partial charge in [-0.1, -0.05) is 18.2 Å². The Kier molecular flexibility index (Phi) is 7.25. The minimum absolute atomic E-state index is 0.106. The summed E-state index contributed by atoms with van der Waals surface area (Å²) >= 11 is 0.481. The van der Waals surface area contributed by atoms with Crippen molar-refractivity contribution in [1.29, 1.82) is 0 Å². The van der Waals surface area contributed by atoms with E-state index in [0.717, 1.165) is 18.0 Å². The Morgan fingerprint density at radius 2 is 1.87 bits per heavy atom. The summed E-state index contributed by atoms with van der Waals surface area (Å²) in [5.41, 5.74) is 14.4. The number of nitrogens with two attached hydrogens (primary N) is 2. The summed E-state index contributed by atoms with van der Waals surface area (Å²) in [6, 6.07) is 7.92. The number of benzene rings is 1. The van der Waals surface area contributed by atoms with E-state index in [9.17, 15) is 8.78 Å². The van der Waals surface area contributed by atoms with E-state index >= 15 is 0 Å². The molecule has 3 atom stereocenters. The van der Waals surface area contributed by atoms with Gasteiger partial charge in [-0.3, -0.25) is 0 Å². The van der Waals surface area contributed by atoms with Gasteiger partial charge >= 0.3 is 142 Å². The normalized spacial score (nSPS) is 20.8. The van der Waals surface area contributed by atoms with Gasteiger partial charge in [0.1, 0.15) is 11.6 Å². The summed E-state index contributed by atoms with van der Waals surface area (Å²) < 4.78 is 33.1. The van der Waals surface area contributed by atoms with Gasteiger partial charge in [-0.25, -0.2) is 18.4 Å². The number of halogens is 3. The van der Waals surface area contributed by atoms with Gasteiger partial charge < -0.3 is 0 Å². The van der Waals surface area contributed by atoms with E-state index in [-0.39, 0.29) is 41.6 Å². The zero-order chi connectivity index (χ0) is 27.1. The molecule has 4 heterocycles. The number of pyridine rings is 1. The molecule has 11 heteroatoms. The third-order valence-electron chi connectivity index (χ3n) is 8.12. The molecule has 1 aliphatic carbocycles. The number of anilines is 3. The third-order valence-corrected chi connectivity index (χ3v) is 11.6. The molecular weight excluding hydrogens is 613 g/mol. The molecule has 1 saturated heterocycles. The Labute approximate surface area is 236 Å². The van der Waals surface area contributed by atoms with Gasteiger partial charge in [-0.2, -0.15) is 5.10 Å². The summed E-state index contributed by atoms with van der Waals surface area (Å²) in [7, 11) is 0. The molecule has 39 heavy (non-hydrogen) atoms. The molecule has 206 valence electrons. The zero-order valence-corrected chi connectivity index (χ0v) is 23.9. The van der Waals surface area contributed by atoms with Crippen molar-refractivity contribution in [3.63, 3.8) is 0 Å². The van der Waals surface area contributed by atoms with Crippen molar-refractivity contribution in [1.82, 2.24) is 24.7 Å². The first kappa shape index (κ1) is 26.1. The number of aromatic nitrogens is 5. The number of rotatable bonds is 7. The van der Waals surface area contributed by atoms with Gasteiger partial charge in [0.05, 0.1) is 18.1 Å². The standard InChI is InChI=1S/C28H32F2IN8/c1-15(16-6-4-7-17(9-16)19-11-31-12-19)35-24-25(32)36-27(37-26(24)33)23-21-10-20(29)13-34-28(21)39(38-23)14-18-5-2-3-8-22(18)30/h2-3,5,8,10,13,15-17,19,35H,4,6-7,9,11-12,14H2,1H3,(H4,32,33,36,37)/q-1. The van der Waals surface area contributed by atoms with E-state index in [4.69, 9.17) is 11.5 Å². The van der Waals surface area contributed by atoms with E-state index in [1.165, 1.54) is 51.4 Å². The summed E-state index contributed by atoms with van der Waals surface area (Å²) in [6.45, 7) is 2.29. The fraction of sp³-hybridized carbons (Fsp3) is 0.429. The zero-order valence-electron chi connectivity index (χ0n) is 21.7. The van der Waals surface area contributed by atoms with Crippen LogP contribution in [0.4, 0.5) is 26.1 Å². The van der Waals surface area contributed by atoms with E-state index in [2.05, 4.69) is 32.3 Å². The van der Waals surface area contributed by atoms with Crippen LogP contribution in [0.2, 0.25) is 0 Å². The Bertz CT molecular complexity index is 1480. The number of nitrogens with one attached hydrogen (secondary N) is 1. The monoisotopic (exact) mass is 645 g/mol. The van der Waals surface area contributed by atoms with Crippen molar-refractivity contribution in [3.8, 4) is 11.5 Å². The van der Waals surface area contributed by atoms with Gasteiger partial charge in [-0.05, 0) is 12.1 Å². The number of nitrogen functional groups attached to an aromatic ring is 2. The molecule has 0 spiro atoms. The molecule has 6 rings (SSSR count). The summed E-state index contributed by atoms with van der Waals surface area (Å²) in [5.74, 6) is 2.03. The van der Waals surface area contributed by atoms with Crippen molar-refractivity contribution in [3.05, 3.63) is 53.7 Å². The average Bonchev–Trinajstić information content (AvgIpc) is 3.23. The second kappa shape index (κ2) is 10.8. The molecule has 0 amide bonds. The van der Waals surface area contributed by atoms with Crippen molar-refractivity contribution in [2.45, 2.75) is 45.2 Å². The first-order valence-corrected chi connectivity index (χ1v) is 16.4. The molecule has 0 bridgehead atoms. The molecule has 3 aromatic heterocycles. The van der Waals surface area contributed by atoms with Crippen LogP contribution in [0.3, 0.4) is 0 Å². The van der Waals surface area contributed by atoms with Gasteiger partial charge in [-0.15, -0.1) is 0 Å². The minimum atomic E-state index is -0.531. The second-order valence-corrected chi connectivity index (χ2v) is 13.5. The molecule has 2 aliphatic rings. The molecule has 0 radical (unpaired) electrons. The van der Waals surface area contributed by atoms with Crippen LogP contribution in [0.25, 0.3) is 22.6 Å². The predicted octanol–water partition coefficient (Wildman–Crippen LogP) is 1.70. The Morgan fingerprint density at radius 1 is 1.10 bits per heavy atom. The van der Waals surface area contributed by atoms with E-state index < -0.39 is 5.82 Å². The van der Waals surface area contributed by atoms with E-state index in [1.54, 1.807) is 18.2 Å². The van der Waals surface area contributed by atoms with Crippen molar-refractivity contribution in [2.75, 3.05) is 25.6 Å². The molecule has 2 fully saturated rings. The topological polar surface area (TPSA) is 121 Å². The van der Waals surface area contributed by atoms with E-state index in [0.29, 0.717) is 49.4 Å². The second-order valence-electron chi connectivity index (χ2n) is 10.7. The maximum atomic E-state index is 14.4. The molecule has 1 saturated carbocycles. The number of hydrogen-bond acceptors (Lipinski definition) is 7. The van der Waals surface area contributed by atoms with Crippen LogP contribution in [-0.2, 0) is 6.54 Å². The SMILES string of the molecule is CC(Nc1c(N)nc(-c2nn(Cc3ccccc3F)c3ncc(F)cc23)nc1N)C1CCCC(C2C[I-]C2)C1. The van der Waals surface area contributed by atoms with Crippen molar-refractivity contribution >= 4 is 28.4 Å². The van der Waals surface area contributed by atoms with Gasteiger partial charge in [0, 0.05) is 5.56 Å². The molecular formula is C28H32F2IN8-. The molecule has 1 aromatic carbocycles. The molecule has 4 aromatic rings. The summed E-state index contributed by atoms with van der Waals surface area (Å²) in [5, 5.41) is 8.49. The number of fused-ring (bicyclic) bond motifs is 1. The van der Waals surface area contributed by atoms with E-state index in [1.807, 2.05) is 0 Å². The summed E-state index contributed by atoms with van der Waals surface area (Å²) in [4.78, 5) is 13.2. The van der Waals surface area contributed by atoms with Crippen LogP contribution < -0.4 is 38.0 Å². The Morgan fingerprint density at radius 3 is 2.59 bits per heavy atom. The quantitative estimate of drug-likeness (QED) is 0.207. The summed E-state index contributed by atoms with van der Waals surface area (Å²) in [6.07, 6.45) is 6.16. The Balaban J connectivity index is 1.28. The van der Waals surface area contributed by atoms with Crippen LogP contribution >= 0.6 is 0 Å². The number of nitrogens with zero attached hydrogens (tertiary/aromatic N) is 5. The molecule has 8 nitrogen and oxygen atoms in total.